The van der Waals surface area contributed by atoms with Gasteiger partial charge in [-0.25, -0.2) is 0 Å². The van der Waals surface area contributed by atoms with Crippen LogP contribution in [0.5, 0.6) is 5.75 Å². The average molecular weight is 211 g/mol. The molecule has 0 saturated heterocycles. The Balaban J connectivity index is 2.52. The van der Waals surface area contributed by atoms with E-state index in [2.05, 4.69) is 0 Å². The number of anilines is 1. The van der Waals surface area contributed by atoms with Crippen molar-refractivity contribution in [2.45, 2.75) is 6.42 Å². The highest BCUT2D eigenvalue weighted by Crippen LogP contribution is 2.15. The van der Waals surface area contributed by atoms with E-state index < -0.39 is 16.6 Å². The van der Waals surface area contributed by atoms with Gasteiger partial charge in [0.1, 0.15) is 0 Å². The van der Waals surface area contributed by atoms with Gasteiger partial charge in [0.25, 0.3) is 0 Å². The molecule has 0 amide bonds. The normalized spacial score (nSPS) is 11.2. The van der Waals surface area contributed by atoms with E-state index in [9.17, 15) is 14.7 Å². The van der Waals surface area contributed by atoms with Gasteiger partial charge < -0.3 is 14.9 Å². The Morgan fingerprint density at radius 3 is 2.13 bits per heavy atom. The fourth-order valence-corrected chi connectivity index (χ4v) is 1.44. The van der Waals surface area contributed by atoms with Crippen molar-refractivity contribution in [2.75, 3.05) is 39.1 Å². The molecular weight excluding hydrogens is 196 g/mol. The van der Waals surface area contributed by atoms with Gasteiger partial charge in [-0.2, -0.15) is 0 Å². The molecule has 5 heteroatoms. The van der Waals surface area contributed by atoms with Crippen LogP contribution in [0.25, 0.3) is 0 Å². The lowest BCUT2D eigenvalue weighted by molar-refractivity contribution is -0.270. The summed E-state index contributed by atoms with van der Waals surface area (Å²) in [4.78, 5) is 25.3. The van der Waals surface area contributed by atoms with Crippen molar-refractivity contribution in [1.82, 2.24) is 4.90 Å². The fourth-order valence-electron chi connectivity index (χ4n) is 1.44. The summed E-state index contributed by atoms with van der Waals surface area (Å²) in [6.45, 7) is 1.49. The maximum atomic E-state index is 11.1. The second-order valence-corrected chi connectivity index (χ2v) is 3.91. The Bertz CT molecular complexity index is 405. The SMILES string of the molecule is CN(C)CCCN(C)c1c([O-])c(=O)c1=O. The lowest BCUT2D eigenvalue weighted by atomic mass is 10.2. The zero-order valence-electron chi connectivity index (χ0n) is 9.24. The summed E-state index contributed by atoms with van der Waals surface area (Å²) < 4.78 is 0. The van der Waals surface area contributed by atoms with Crippen molar-refractivity contribution >= 4 is 5.69 Å². The first-order chi connectivity index (χ1) is 6.95. The third-order valence-corrected chi connectivity index (χ3v) is 2.32. The first-order valence-corrected chi connectivity index (χ1v) is 4.81. The molecule has 1 aromatic carbocycles. The minimum atomic E-state index is -0.885. The van der Waals surface area contributed by atoms with E-state index in [0.29, 0.717) is 6.54 Å². The van der Waals surface area contributed by atoms with E-state index in [1.807, 2.05) is 19.0 Å². The number of hydrogen-bond donors (Lipinski definition) is 0. The molecule has 0 fully saturated rings. The standard InChI is InChI=1S/C10H16N2O3/c1-11(2)5-4-6-12(3)7-8(13)10(15)9(7)14/h13H,4-6H2,1-3H3/p-1. The molecule has 15 heavy (non-hydrogen) atoms. The molecule has 0 N–H and O–H groups in total. The molecule has 0 spiro atoms. The Kier molecular flexibility index (Phi) is 3.47. The molecule has 0 atom stereocenters. The zero-order chi connectivity index (χ0) is 11.6. The second-order valence-electron chi connectivity index (χ2n) is 3.91. The highest BCUT2D eigenvalue weighted by atomic mass is 16.3. The Morgan fingerprint density at radius 1 is 1.07 bits per heavy atom. The van der Waals surface area contributed by atoms with Crippen molar-refractivity contribution in [2.24, 2.45) is 0 Å². The molecule has 0 bridgehead atoms. The fraction of sp³-hybridized carbons (Fsp3) is 0.600. The lowest BCUT2D eigenvalue weighted by Crippen LogP contribution is -2.41. The molecule has 0 aliphatic heterocycles. The molecule has 84 valence electrons. The molecule has 0 saturated carbocycles. The van der Waals surface area contributed by atoms with Gasteiger partial charge in [0.15, 0.2) is 0 Å². The van der Waals surface area contributed by atoms with Crippen LogP contribution >= 0.6 is 0 Å². The van der Waals surface area contributed by atoms with Crippen LogP contribution in [-0.2, 0) is 0 Å². The van der Waals surface area contributed by atoms with E-state index in [-0.39, 0.29) is 5.69 Å². The third-order valence-electron chi connectivity index (χ3n) is 2.32. The van der Waals surface area contributed by atoms with E-state index in [4.69, 9.17) is 0 Å². The minimum Gasteiger partial charge on any atom is -0.868 e. The topological polar surface area (TPSA) is 63.7 Å². The Labute approximate surface area is 88.2 Å². The van der Waals surface area contributed by atoms with Crippen LogP contribution in [0.15, 0.2) is 9.59 Å². The molecule has 0 aliphatic rings. The molecule has 0 unspecified atom stereocenters. The molecule has 0 aliphatic carbocycles. The smallest absolute Gasteiger partial charge is 0.247 e. The molecule has 0 heterocycles. The highest BCUT2D eigenvalue weighted by molar-refractivity contribution is 5.61. The Hall–Kier alpha value is -1.36. The summed E-state index contributed by atoms with van der Waals surface area (Å²) in [5.74, 6) is -0.646. The van der Waals surface area contributed by atoms with Gasteiger partial charge in [-0.3, -0.25) is 9.59 Å². The first kappa shape index (κ1) is 11.7. The maximum Gasteiger partial charge on any atom is 0.247 e. The number of nitrogens with zero attached hydrogens (tertiary/aromatic N) is 2. The van der Waals surface area contributed by atoms with Crippen LogP contribution in [0, 0.1) is 0 Å². The summed E-state index contributed by atoms with van der Waals surface area (Å²) >= 11 is 0. The second kappa shape index (κ2) is 4.44. The van der Waals surface area contributed by atoms with Crippen molar-refractivity contribution in [1.29, 1.82) is 0 Å². The largest absolute Gasteiger partial charge is 0.868 e. The molecule has 5 nitrogen and oxygen atoms in total. The number of hydrogen-bond acceptors (Lipinski definition) is 5. The average Bonchev–Trinajstić information content (AvgIpc) is 2.17. The van der Waals surface area contributed by atoms with Gasteiger partial charge in [0, 0.05) is 13.6 Å². The molecular formula is C10H15N2O3-. The summed E-state index contributed by atoms with van der Waals surface area (Å²) in [5.41, 5.74) is -1.49. The maximum absolute atomic E-state index is 11.1. The van der Waals surface area contributed by atoms with Crippen LogP contribution in [0.4, 0.5) is 5.69 Å². The lowest BCUT2D eigenvalue weighted by Gasteiger charge is -2.25. The molecule has 0 radical (unpaired) electrons. The zero-order valence-corrected chi connectivity index (χ0v) is 9.24. The van der Waals surface area contributed by atoms with Crippen molar-refractivity contribution in [3.05, 3.63) is 20.4 Å². The summed E-state index contributed by atoms with van der Waals surface area (Å²) in [6.07, 6.45) is 0.849. The van der Waals surface area contributed by atoms with Crippen LogP contribution in [0.1, 0.15) is 6.42 Å². The summed E-state index contributed by atoms with van der Waals surface area (Å²) in [7, 11) is 5.57. The minimum absolute atomic E-state index is 0.0405. The van der Waals surface area contributed by atoms with Gasteiger partial charge in [-0.15, -0.1) is 0 Å². The van der Waals surface area contributed by atoms with Crippen LogP contribution in [0.3, 0.4) is 0 Å². The van der Waals surface area contributed by atoms with E-state index in [0.717, 1.165) is 13.0 Å². The first-order valence-electron chi connectivity index (χ1n) is 4.81. The van der Waals surface area contributed by atoms with Gasteiger partial charge in [0.2, 0.25) is 10.9 Å². The van der Waals surface area contributed by atoms with Gasteiger partial charge in [-0.05, 0) is 32.8 Å². The van der Waals surface area contributed by atoms with Crippen LogP contribution in [-0.4, -0.2) is 39.1 Å². The van der Waals surface area contributed by atoms with E-state index in [1.54, 1.807) is 11.9 Å². The summed E-state index contributed by atoms with van der Waals surface area (Å²) in [6, 6.07) is 0. The van der Waals surface area contributed by atoms with Crippen LogP contribution in [0.2, 0.25) is 0 Å². The van der Waals surface area contributed by atoms with E-state index in [1.165, 1.54) is 0 Å². The predicted molar refractivity (Wildman–Crippen MR) is 57.2 cm³/mol. The van der Waals surface area contributed by atoms with Crippen molar-refractivity contribution in [3.63, 3.8) is 0 Å². The molecule has 1 rings (SSSR count). The quantitative estimate of drug-likeness (QED) is 0.569. The van der Waals surface area contributed by atoms with Crippen molar-refractivity contribution in [3.8, 4) is 5.75 Å². The summed E-state index contributed by atoms with van der Waals surface area (Å²) in [5, 5.41) is 11.1. The predicted octanol–water partition coefficient (Wildman–Crippen LogP) is -1.26. The van der Waals surface area contributed by atoms with Crippen molar-refractivity contribution < 1.29 is 5.11 Å². The Morgan fingerprint density at radius 2 is 1.67 bits per heavy atom. The van der Waals surface area contributed by atoms with Gasteiger partial charge >= 0.3 is 0 Å². The van der Waals surface area contributed by atoms with Gasteiger partial charge in [0.05, 0.1) is 5.69 Å². The highest BCUT2D eigenvalue weighted by Gasteiger charge is 2.16. The molecule has 0 aromatic heterocycles. The monoisotopic (exact) mass is 211 g/mol. The third kappa shape index (κ3) is 2.36. The van der Waals surface area contributed by atoms with Gasteiger partial charge in [-0.1, -0.05) is 0 Å². The molecule has 1 aromatic rings. The van der Waals surface area contributed by atoms with E-state index >= 15 is 0 Å². The van der Waals surface area contributed by atoms with Crippen LogP contribution < -0.4 is 20.9 Å². The number of rotatable bonds is 5.